The zero-order valence-corrected chi connectivity index (χ0v) is 21.3. The van der Waals surface area contributed by atoms with Crippen molar-refractivity contribution in [2.75, 3.05) is 36.4 Å². The summed E-state index contributed by atoms with van der Waals surface area (Å²) >= 11 is 0. The molecule has 1 aliphatic heterocycles. The number of alkyl halides is 3. The molecule has 12 heteroatoms. The van der Waals surface area contributed by atoms with Crippen LogP contribution in [0.4, 0.5) is 35.0 Å². The second kappa shape index (κ2) is 10.7. The number of carbonyl (C=O) groups is 1. The number of nitro benzene ring substituents is 1. The lowest BCUT2D eigenvalue weighted by molar-refractivity contribution is -0.383. The highest BCUT2D eigenvalue weighted by atomic mass is 19.4. The number of hydrogen-bond acceptors (Lipinski definition) is 6. The third-order valence-electron chi connectivity index (χ3n) is 6.59. The molecular formula is C28H24F3N5O4. The van der Waals surface area contributed by atoms with E-state index in [-0.39, 0.29) is 54.5 Å². The number of nitro groups is 1. The number of carbonyl (C=O) groups excluding carboxylic acids is 1. The first kappa shape index (κ1) is 26.7. The first-order valence-corrected chi connectivity index (χ1v) is 12.4. The van der Waals surface area contributed by atoms with E-state index in [0.29, 0.717) is 22.7 Å². The molecule has 0 aliphatic carbocycles. The van der Waals surface area contributed by atoms with E-state index in [0.717, 1.165) is 6.07 Å². The van der Waals surface area contributed by atoms with Crippen LogP contribution in [0.1, 0.15) is 11.3 Å². The van der Waals surface area contributed by atoms with E-state index in [2.05, 4.69) is 10.3 Å². The predicted molar refractivity (Wildman–Crippen MR) is 144 cm³/mol. The Bertz CT molecular complexity index is 1550. The van der Waals surface area contributed by atoms with Crippen LogP contribution in [0, 0.1) is 17.0 Å². The fourth-order valence-electron chi connectivity index (χ4n) is 4.61. The average molecular weight is 552 g/mol. The molecule has 1 saturated heterocycles. The van der Waals surface area contributed by atoms with Crippen LogP contribution < -0.4 is 15.0 Å². The van der Waals surface area contributed by atoms with Crippen LogP contribution >= 0.6 is 0 Å². The number of benzene rings is 3. The maximum atomic E-state index is 13.6. The van der Waals surface area contributed by atoms with E-state index in [1.807, 2.05) is 30.3 Å². The Morgan fingerprint density at radius 1 is 0.975 bits per heavy atom. The van der Waals surface area contributed by atoms with Crippen molar-refractivity contribution in [2.45, 2.75) is 13.1 Å². The minimum absolute atomic E-state index is 0.0497. The van der Waals surface area contributed by atoms with Crippen molar-refractivity contribution in [3.05, 3.63) is 94.2 Å². The van der Waals surface area contributed by atoms with E-state index in [1.165, 1.54) is 19.1 Å². The summed E-state index contributed by atoms with van der Waals surface area (Å²) < 4.78 is 46.6. The maximum Gasteiger partial charge on any atom is 0.433 e. The monoisotopic (exact) mass is 551 g/mol. The Balaban J connectivity index is 1.31. The summed E-state index contributed by atoms with van der Waals surface area (Å²) in [7, 11) is 0. The molecule has 5 rings (SSSR count). The van der Waals surface area contributed by atoms with Crippen LogP contribution in [0.3, 0.4) is 0 Å². The van der Waals surface area contributed by atoms with Crippen molar-refractivity contribution >= 4 is 34.0 Å². The minimum atomic E-state index is -4.73. The summed E-state index contributed by atoms with van der Waals surface area (Å²) in [5.74, 6) is 1.28. The lowest BCUT2D eigenvalue weighted by atomic mass is 10.0. The van der Waals surface area contributed by atoms with Crippen LogP contribution in [0.5, 0.6) is 11.5 Å². The molecule has 0 atom stereocenters. The number of para-hydroxylation sites is 1. The molecule has 0 saturated carbocycles. The van der Waals surface area contributed by atoms with Gasteiger partial charge >= 0.3 is 12.2 Å². The molecular weight excluding hydrogens is 527 g/mol. The van der Waals surface area contributed by atoms with Crippen LogP contribution in [0.25, 0.3) is 10.9 Å². The molecule has 0 bridgehead atoms. The number of aryl methyl sites for hydroxylation is 1. The smallest absolute Gasteiger partial charge is 0.433 e. The number of ether oxygens (including phenoxy) is 1. The molecule has 40 heavy (non-hydrogen) atoms. The normalized spacial score (nSPS) is 13.8. The number of hydrogen-bond donors (Lipinski definition) is 1. The topological polar surface area (TPSA) is 101 Å². The van der Waals surface area contributed by atoms with Crippen molar-refractivity contribution in [2.24, 2.45) is 0 Å². The van der Waals surface area contributed by atoms with Gasteiger partial charge in [-0.1, -0.05) is 24.3 Å². The highest BCUT2D eigenvalue weighted by molar-refractivity contribution is 6.00. The predicted octanol–water partition coefficient (Wildman–Crippen LogP) is 6.62. The van der Waals surface area contributed by atoms with E-state index >= 15 is 0 Å². The number of piperazine rings is 1. The molecule has 206 valence electrons. The van der Waals surface area contributed by atoms with Gasteiger partial charge in [0.1, 0.15) is 22.6 Å². The second-order valence-electron chi connectivity index (χ2n) is 9.25. The zero-order valence-electron chi connectivity index (χ0n) is 21.3. The van der Waals surface area contributed by atoms with E-state index in [1.54, 1.807) is 34.1 Å². The molecule has 0 spiro atoms. The number of amides is 2. The van der Waals surface area contributed by atoms with Crippen LogP contribution in [0.2, 0.25) is 0 Å². The summed E-state index contributed by atoms with van der Waals surface area (Å²) in [5, 5.41) is 14.7. The number of fused-ring (bicyclic) bond motifs is 1. The summed E-state index contributed by atoms with van der Waals surface area (Å²) in [6.45, 7) is 2.29. The van der Waals surface area contributed by atoms with Crippen molar-refractivity contribution in [3.8, 4) is 11.5 Å². The molecule has 1 fully saturated rings. The fraction of sp³-hybridized carbons (Fsp3) is 0.214. The van der Waals surface area contributed by atoms with Crippen LogP contribution in [-0.2, 0) is 6.18 Å². The van der Waals surface area contributed by atoms with Crippen molar-refractivity contribution < 1.29 is 27.6 Å². The van der Waals surface area contributed by atoms with Gasteiger partial charge in [-0.2, -0.15) is 13.2 Å². The molecule has 3 aromatic carbocycles. The van der Waals surface area contributed by atoms with Gasteiger partial charge in [0.2, 0.25) is 0 Å². The molecule has 9 nitrogen and oxygen atoms in total. The maximum absolute atomic E-state index is 13.6. The van der Waals surface area contributed by atoms with Gasteiger partial charge in [-0.3, -0.25) is 10.1 Å². The van der Waals surface area contributed by atoms with Gasteiger partial charge < -0.3 is 19.9 Å². The van der Waals surface area contributed by atoms with E-state index in [4.69, 9.17) is 4.74 Å². The third-order valence-corrected chi connectivity index (χ3v) is 6.59. The summed E-state index contributed by atoms with van der Waals surface area (Å²) in [4.78, 5) is 31.0. The lowest BCUT2D eigenvalue weighted by Gasteiger charge is -2.36. The van der Waals surface area contributed by atoms with E-state index in [9.17, 15) is 28.1 Å². The summed E-state index contributed by atoms with van der Waals surface area (Å²) in [5.41, 5.74) is -0.585. The Morgan fingerprint density at radius 3 is 2.25 bits per heavy atom. The van der Waals surface area contributed by atoms with Gasteiger partial charge in [0, 0.05) is 37.4 Å². The highest BCUT2D eigenvalue weighted by Gasteiger charge is 2.36. The van der Waals surface area contributed by atoms with Crippen LogP contribution in [0.15, 0.2) is 72.8 Å². The minimum Gasteiger partial charge on any atom is -0.457 e. The van der Waals surface area contributed by atoms with Crippen molar-refractivity contribution in [1.29, 1.82) is 0 Å². The molecule has 0 unspecified atom stereocenters. The first-order chi connectivity index (χ1) is 19.1. The molecule has 1 aliphatic rings. The zero-order chi connectivity index (χ0) is 28.4. The van der Waals surface area contributed by atoms with Crippen LogP contribution in [-0.4, -0.2) is 47.0 Å². The van der Waals surface area contributed by atoms with Crippen molar-refractivity contribution in [1.82, 2.24) is 9.88 Å². The number of nitrogens with one attached hydrogen (secondary N) is 1. The van der Waals surface area contributed by atoms with Gasteiger partial charge in [0.05, 0.1) is 16.1 Å². The molecule has 1 aromatic heterocycles. The third kappa shape index (κ3) is 5.60. The van der Waals surface area contributed by atoms with E-state index < -0.39 is 16.8 Å². The van der Waals surface area contributed by atoms with Gasteiger partial charge in [0.15, 0.2) is 0 Å². The standard InChI is InChI=1S/C28H24F3N5O4/c1-18-7-12-22-25(26(18)36(38)39)23(17-24(33-22)28(29,30)31)34-13-15-35(16-14-34)27(37)32-19-8-10-21(11-9-19)40-20-5-3-2-4-6-20/h2-12,17H,13-16H2,1H3,(H,32,37). The quantitative estimate of drug-likeness (QED) is 0.221. The number of pyridine rings is 1. The molecule has 1 N–H and O–H groups in total. The number of anilines is 2. The van der Waals surface area contributed by atoms with Gasteiger partial charge in [-0.15, -0.1) is 0 Å². The number of aromatic nitrogens is 1. The number of urea groups is 1. The summed E-state index contributed by atoms with van der Waals surface area (Å²) in [6.07, 6.45) is -4.73. The number of halogens is 3. The largest absolute Gasteiger partial charge is 0.457 e. The second-order valence-corrected chi connectivity index (χ2v) is 9.25. The Labute approximate surface area is 226 Å². The SMILES string of the molecule is Cc1ccc2nc(C(F)(F)F)cc(N3CCN(C(=O)Nc4ccc(Oc5ccccc5)cc4)CC3)c2c1[N+](=O)[O-]. The molecule has 2 heterocycles. The Morgan fingerprint density at radius 2 is 1.62 bits per heavy atom. The first-order valence-electron chi connectivity index (χ1n) is 12.4. The summed E-state index contributed by atoms with van der Waals surface area (Å²) in [6, 6.07) is 19.3. The Kier molecular flexibility index (Phi) is 7.16. The Hall–Kier alpha value is -4.87. The fourth-order valence-corrected chi connectivity index (χ4v) is 4.61. The number of rotatable bonds is 5. The molecule has 2 amide bonds. The highest BCUT2D eigenvalue weighted by Crippen LogP contribution is 2.40. The van der Waals surface area contributed by atoms with Gasteiger partial charge in [0.25, 0.3) is 5.69 Å². The lowest BCUT2D eigenvalue weighted by Crippen LogP contribution is -2.50. The molecule has 0 radical (unpaired) electrons. The van der Waals surface area contributed by atoms with Crippen molar-refractivity contribution in [3.63, 3.8) is 0 Å². The van der Waals surface area contributed by atoms with Gasteiger partial charge in [-0.05, 0) is 55.5 Å². The number of nitrogens with zero attached hydrogens (tertiary/aromatic N) is 4. The molecule has 4 aromatic rings. The average Bonchev–Trinajstić information content (AvgIpc) is 2.93. The van der Waals surface area contributed by atoms with Gasteiger partial charge in [-0.25, -0.2) is 9.78 Å².